The van der Waals surface area contributed by atoms with Crippen LogP contribution in [0.5, 0.6) is 0 Å². The van der Waals surface area contributed by atoms with Gasteiger partial charge in [0.05, 0.1) is 0 Å². The van der Waals surface area contributed by atoms with Gasteiger partial charge in [-0.05, 0) is 6.92 Å². The van der Waals surface area contributed by atoms with Crippen molar-refractivity contribution in [1.82, 2.24) is 0 Å². The van der Waals surface area contributed by atoms with Crippen LogP contribution in [0.3, 0.4) is 0 Å². The Hall–Kier alpha value is -1.30. The van der Waals surface area contributed by atoms with Crippen LogP contribution in [0.15, 0.2) is 60.3 Å². The summed E-state index contributed by atoms with van der Waals surface area (Å²) in [7, 11) is 0. The maximum Gasteiger partial charge on any atom is 0.0172 e. The van der Waals surface area contributed by atoms with E-state index in [0.29, 0.717) is 11.8 Å². The average molecular weight is 170 g/mol. The molecular formula is C13H14. The zero-order valence-electron chi connectivity index (χ0n) is 7.85. The van der Waals surface area contributed by atoms with Crippen molar-refractivity contribution in [3.05, 3.63) is 60.3 Å². The molecule has 0 saturated carbocycles. The lowest BCUT2D eigenvalue weighted by atomic mass is 9.89. The van der Waals surface area contributed by atoms with Gasteiger partial charge in [0.15, 0.2) is 0 Å². The molecule has 0 heterocycles. The van der Waals surface area contributed by atoms with Crippen LogP contribution in [0.25, 0.3) is 0 Å². The SMILES string of the molecule is CC=C(C1C=CC=C1)C1C=CC=C1. The van der Waals surface area contributed by atoms with Gasteiger partial charge in [-0.3, -0.25) is 0 Å². The quantitative estimate of drug-likeness (QED) is 0.557. The summed E-state index contributed by atoms with van der Waals surface area (Å²) in [6, 6.07) is 0. The summed E-state index contributed by atoms with van der Waals surface area (Å²) in [5.41, 5.74) is 1.48. The Kier molecular flexibility index (Phi) is 2.31. The summed E-state index contributed by atoms with van der Waals surface area (Å²) >= 11 is 0. The number of hydrogen-bond acceptors (Lipinski definition) is 0. The lowest BCUT2D eigenvalue weighted by molar-refractivity contribution is 0.831. The summed E-state index contributed by atoms with van der Waals surface area (Å²) in [5, 5.41) is 0. The van der Waals surface area contributed by atoms with E-state index in [4.69, 9.17) is 0 Å². The van der Waals surface area contributed by atoms with Crippen LogP contribution in [0.1, 0.15) is 6.92 Å². The van der Waals surface area contributed by atoms with Crippen molar-refractivity contribution in [1.29, 1.82) is 0 Å². The Morgan fingerprint density at radius 1 is 0.846 bits per heavy atom. The van der Waals surface area contributed by atoms with Crippen molar-refractivity contribution in [2.45, 2.75) is 6.92 Å². The highest BCUT2D eigenvalue weighted by Crippen LogP contribution is 2.29. The van der Waals surface area contributed by atoms with Crippen LogP contribution in [0, 0.1) is 11.8 Å². The van der Waals surface area contributed by atoms with E-state index in [1.54, 1.807) is 0 Å². The number of hydrogen-bond donors (Lipinski definition) is 0. The lowest BCUT2D eigenvalue weighted by Crippen LogP contribution is -2.03. The van der Waals surface area contributed by atoms with Gasteiger partial charge in [0.2, 0.25) is 0 Å². The van der Waals surface area contributed by atoms with Crippen LogP contribution in [-0.2, 0) is 0 Å². The molecule has 0 spiro atoms. The largest absolute Gasteiger partial charge is 0.0866 e. The molecule has 0 aromatic heterocycles. The molecule has 0 fully saturated rings. The molecule has 0 atom stereocenters. The molecule has 0 bridgehead atoms. The van der Waals surface area contributed by atoms with Crippen molar-refractivity contribution in [2.75, 3.05) is 0 Å². The summed E-state index contributed by atoms with van der Waals surface area (Å²) < 4.78 is 0. The van der Waals surface area contributed by atoms with Crippen LogP contribution < -0.4 is 0 Å². The average Bonchev–Trinajstić information content (AvgIpc) is 2.76. The van der Waals surface area contributed by atoms with Crippen molar-refractivity contribution in [3.63, 3.8) is 0 Å². The van der Waals surface area contributed by atoms with Crippen LogP contribution >= 0.6 is 0 Å². The first-order chi connectivity index (χ1) is 6.42. The van der Waals surface area contributed by atoms with E-state index < -0.39 is 0 Å². The summed E-state index contributed by atoms with van der Waals surface area (Å²) in [6.07, 6.45) is 19.7. The number of allylic oxidation sites excluding steroid dienone is 10. The molecule has 0 radical (unpaired) electrons. The van der Waals surface area contributed by atoms with Gasteiger partial charge in [0, 0.05) is 11.8 Å². The fourth-order valence-electron chi connectivity index (χ4n) is 1.92. The molecule has 13 heavy (non-hydrogen) atoms. The predicted molar refractivity (Wildman–Crippen MR) is 57.3 cm³/mol. The molecule has 0 unspecified atom stereocenters. The standard InChI is InChI=1S/C13H14/c1-2-13(11-7-3-4-8-11)12-9-5-6-10-12/h2-12H,1H3. The molecule has 0 nitrogen and oxygen atoms in total. The second-order valence-electron chi connectivity index (χ2n) is 3.38. The van der Waals surface area contributed by atoms with Gasteiger partial charge in [0.25, 0.3) is 0 Å². The van der Waals surface area contributed by atoms with E-state index in [2.05, 4.69) is 61.6 Å². The van der Waals surface area contributed by atoms with E-state index in [9.17, 15) is 0 Å². The Labute approximate surface area is 79.7 Å². The Balaban J connectivity index is 2.18. The summed E-state index contributed by atoms with van der Waals surface area (Å²) in [6.45, 7) is 2.12. The molecule has 2 aliphatic carbocycles. The molecular weight excluding hydrogens is 156 g/mol. The van der Waals surface area contributed by atoms with Gasteiger partial charge in [-0.15, -0.1) is 0 Å². The van der Waals surface area contributed by atoms with Crippen molar-refractivity contribution >= 4 is 0 Å². The second kappa shape index (κ2) is 3.61. The Morgan fingerprint density at radius 2 is 1.23 bits per heavy atom. The maximum absolute atomic E-state index is 2.25. The highest BCUT2D eigenvalue weighted by Gasteiger charge is 2.16. The molecule has 0 N–H and O–H groups in total. The normalized spacial score (nSPS) is 20.4. The Bertz CT molecular complexity index is 270. The molecule has 0 heteroatoms. The predicted octanol–water partition coefficient (Wildman–Crippen LogP) is 3.42. The van der Waals surface area contributed by atoms with Gasteiger partial charge in [0.1, 0.15) is 0 Å². The van der Waals surface area contributed by atoms with Crippen molar-refractivity contribution < 1.29 is 0 Å². The third kappa shape index (κ3) is 1.57. The highest BCUT2D eigenvalue weighted by molar-refractivity contribution is 5.37. The lowest BCUT2D eigenvalue weighted by Gasteiger charge is -2.15. The van der Waals surface area contributed by atoms with Gasteiger partial charge < -0.3 is 0 Å². The first-order valence-corrected chi connectivity index (χ1v) is 4.78. The minimum Gasteiger partial charge on any atom is -0.0866 e. The fraction of sp³-hybridized carbons (Fsp3) is 0.231. The molecule has 0 aromatic rings. The van der Waals surface area contributed by atoms with Crippen molar-refractivity contribution in [3.8, 4) is 0 Å². The molecule has 0 saturated heterocycles. The van der Waals surface area contributed by atoms with E-state index in [0.717, 1.165) is 0 Å². The van der Waals surface area contributed by atoms with Gasteiger partial charge in [-0.2, -0.15) is 0 Å². The monoisotopic (exact) mass is 170 g/mol. The van der Waals surface area contributed by atoms with Gasteiger partial charge in [-0.1, -0.05) is 60.3 Å². The third-order valence-corrected chi connectivity index (χ3v) is 2.60. The fourth-order valence-corrected chi connectivity index (χ4v) is 1.92. The minimum atomic E-state index is 0.516. The minimum absolute atomic E-state index is 0.516. The summed E-state index contributed by atoms with van der Waals surface area (Å²) in [4.78, 5) is 0. The third-order valence-electron chi connectivity index (χ3n) is 2.60. The first kappa shape index (κ1) is 8.31. The van der Waals surface area contributed by atoms with E-state index in [-0.39, 0.29) is 0 Å². The molecule has 2 rings (SSSR count). The molecule has 2 aliphatic rings. The molecule has 0 aromatic carbocycles. The first-order valence-electron chi connectivity index (χ1n) is 4.78. The van der Waals surface area contributed by atoms with Crippen molar-refractivity contribution in [2.24, 2.45) is 11.8 Å². The van der Waals surface area contributed by atoms with E-state index in [1.165, 1.54) is 5.57 Å². The van der Waals surface area contributed by atoms with Crippen LogP contribution in [0.4, 0.5) is 0 Å². The number of rotatable bonds is 2. The van der Waals surface area contributed by atoms with E-state index in [1.807, 2.05) is 0 Å². The van der Waals surface area contributed by atoms with E-state index >= 15 is 0 Å². The molecule has 0 aliphatic heterocycles. The van der Waals surface area contributed by atoms with Crippen LogP contribution in [0.2, 0.25) is 0 Å². The maximum atomic E-state index is 2.25. The Morgan fingerprint density at radius 3 is 1.54 bits per heavy atom. The van der Waals surface area contributed by atoms with Crippen LogP contribution in [-0.4, -0.2) is 0 Å². The highest BCUT2D eigenvalue weighted by atomic mass is 14.2. The molecule has 66 valence electrons. The smallest absolute Gasteiger partial charge is 0.0172 e. The topological polar surface area (TPSA) is 0 Å². The molecule has 0 amide bonds. The van der Waals surface area contributed by atoms with Gasteiger partial charge in [-0.25, -0.2) is 0 Å². The summed E-state index contributed by atoms with van der Waals surface area (Å²) in [5.74, 6) is 1.03. The second-order valence-corrected chi connectivity index (χ2v) is 3.38. The zero-order valence-corrected chi connectivity index (χ0v) is 7.85. The van der Waals surface area contributed by atoms with Gasteiger partial charge >= 0.3 is 0 Å². The zero-order chi connectivity index (χ0) is 9.10.